The molecule has 3 amide bonds. The third-order valence-corrected chi connectivity index (χ3v) is 6.67. The van der Waals surface area contributed by atoms with Crippen LogP contribution in [0.15, 0.2) is 23.1 Å². The van der Waals surface area contributed by atoms with E-state index >= 15 is 0 Å². The van der Waals surface area contributed by atoms with Gasteiger partial charge in [-0.2, -0.15) is 13.2 Å². The monoisotopic (exact) mass is 468 g/mol. The molecule has 0 saturated carbocycles. The van der Waals surface area contributed by atoms with Gasteiger partial charge in [0.1, 0.15) is 0 Å². The summed E-state index contributed by atoms with van der Waals surface area (Å²) in [5.74, 6) is -0.541. The lowest BCUT2D eigenvalue weighted by atomic mass is 9.97. The molecule has 4 rings (SSSR count). The molecule has 1 unspecified atom stereocenters. The Balaban J connectivity index is 1.54. The number of anilines is 1. The first-order valence-electron chi connectivity index (χ1n) is 10.4. The van der Waals surface area contributed by atoms with Crippen molar-refractivity contribution in [2.24, 2.45) is 5.92 Å². The van der Waals surface area contributed by atoms with Crippen LogP contribution in [0.5, 0.6) is 0 Å². The molecule has 3 saturated heterocycles. The van der Waals surface area contributed by atoms with E-state index in [0.717, 1.165) is 31.5 Å². The van der Waals surface area contributed by atoms with Crippen molar-refractivity contribution in [2.45, 2.75) is 19.0 Å². The fourth-order valence-corrected chi connectivity index (χ4v) is 4.86. The minimum atomic E-state index is -4.54. The van der Waals surface area contributed by atoms with E-state index in [1.807, 2.05) is 9.80 Å². The van der Waals surface area contributed by atoms with Gasteiger partial charge in [-0.3, -0.25) is 19.7 Å². The van der Waals surface area contributed by atoms with E-state index in [1.165, 1.54) is 12.1 Å². The quantitative estimate of drug-likeness (QED) is 0.664. The van der Waals surface area contributed by atoms with Crippen LogP contribution >= 0.6 is 11.8 Å². The van der Waals surface area contributed by atoms with E-state index < -0.39 is 22.9 Å². The Bertz CT molecular complexity index is 952. The van der Waals surface area contributed by atoms with Gasteiger partial charge in [0.15, 0.2) is 0 Å². The Morgan fingerprint density at radius 1 is 1.16 bits per heavy atom. The molecule has 0 aliphatic carbocycles. The molecule has 0 spiro atoms. The molecular formula is C21H23F3N4O3S. The molecule has 2 N–H and O–H groups in total. The van der Waals surface area contributed by atoms with Gasteiger partial charge in [0.25, 0.3) is 11.1 Å². The van der Waals surface area contributed by atoms with Crippen molar-refractivity contribution < 1.29 is 27.6 Å². The van der Waals surface area contributed by atoms with Crippen LogP contribution in [-0.4, -0.2) is 61.2 Å². The van der Waals surface area contributed by atoms with Crippen LogP contribution in [0.4, 0.5) is 23.7 Å². The molecule has 1 atom stereocenters. The Hall–Kier alpha value is -2.53. The van der Waals surface area contributed by atoms with Crippen LogP contribution < -0.4 is 15.5 Å². The van der Waals surface area contributed by atoms with E-state index in [1.54, 1.807) is 0 Å². The van der Waals surface area contributed by atoms with Gasteiger partial charge in [-0.1, -0.05) is 0 Å². The highest BCUT2D eigenvalue weighted by Gasteiger charge is 2.33. The second kappa shape index (κ2) is 9.14. The molecule has 172 valence electrons. The molecular weight excluding hydrogens is 445 g/mol. The van der Waals surface area contributed by atoms with Gasteiger partial charge < -0.3 is 15.1 Å². The molecule has 0 bridgehead atoms. The summed E-state index contributed by atoms with van der Waals surface area (Å²) >= 11 is 0.660. The Kier molecular flexibility index (Phi) is 6.47. The third-order valence-electron chi connectivity index (χ3n) is 5.86. The number of piperidine rings is 1. The molecule has 1 aromatic rings. The van der Waals surface area contributed by atoms with E-state index in [-0.39, 0.29) is 22.3 Å². The summed E-state index contributed by atoms with van der Waals surface area (Å²) in [7, 11) is 0. The first kappa shape index (κ1) is 22.7. The number of carbonyl (C=O) groups is 3. The second-order valence-corrected chi connectivity index (χ2v) is 8.99. The summed E-state index contributed by atoms with van der Waals surface area (Å²) in [6.07, 6.45) is -1.39. The fourth-order valence-electron chi connectivity index (χ4n) is 4.19. The topological polar surface area (TPSA) is 81.8 Å². The van der Waals surface area contributed by atoms with Crippen molar-refractivity contribution in [1.29, 1.82) is 0 Å². The van der Waals surface area contributed by atoms with E-state index in [9.17, 15) is 27.6 Å². The lowest BCUT2D eigenvalue weighted by Crippen LogP contribution is -2.52. The standard InChI is InChI=1S/C21H23F3N4O3S/c22-21(23,24)15-3-4-16(14(10-15)11-17-18(29)26-20(31)32-17)27-6-8-28(9-7-27)19(30)13-2-1-5-25-12-13/h3-4,10-11,13,25H,1-2,5-9,12H2,(H,26,29,31). The van der Waals surface area contributed by atoms with Gasteiger partial charge in [-0.25, -0.2) is 0 Å². The Labute approximate surface area is 187 Å². The SMILES string of the molecule is O=C1NC(=O)C(=Cc2cc(C(F)(F)F)ccc2N2CCN(C(=O)C3CCCNC3)CC2)S1. The molecule has 1 aromatic carbocycles. The van der Waals surface area contributed by atoms with Crippen LogP contribution in [0.3, 0.4) is 0 Å². The number of hydrogen-bond acceptors (Lipinski definition) is 6. The second-order valence-electron chi connectivity index (χ2n) is 7.98. The van der Waals surface area contributed by atoms with Crippen molar-refractivity contribution >= 4 is 40.6 Å². The van der Waals surface area contributed by atoms with Gasteiger partial charge in [0, 0.05) is 38.4 Å². The van der Waals surface area contributed by atoms with Gasteiger partial charge in [-0.15, -0.1) is 0 Å². The van der Waals surface area contributed by atoms with Crippen LogP contribution in [0, 0.1) is 5.92 Å². The zero-order chi connectivity index (χ0) is 22.9. The van der Waals surface area contributed by atoms with Gasteiger partial charge in [-0.05, 0) is 61.0 Å². The summed E-state index contributed by atoms with van der Waals surface area (Å²) < 4.78 is 39.9. The predicted molar refractivity (Wildman–Crippen MR) is 115 cm³/mol. The molecule has 3 heterocycles. The molecule has 3 aliphatic rings. The number of halogens is 3. The molecule has 0 aromatic heterocycles. The summed E-state index contributed by atoms with van der Waals surface area (Å²) in [5.41, 5.74) is -0.0884. The van der Waals surface area contributed by atoms with Crippen LogP contribution in [0.25, 0.3) is 6.08 Å². The molecule has 3 fully saturated rings. The highest BCUT2D eigenvalue weighted by Crippen LogP contribution is 2.36. The zero-order valence-corrected chi connectivity index (χ0v) is 18.0. The molecule has 7 nitrogen and oxygen atoms in total. The summed E-state index contributed by atoms with van der Waals surface area (Å²) in [6.45, 7) is 3.47. The van der Waals surface area contributed by atoms with E-state index in [4.69, 9.17) is 0 Å². The number of carbonyl (C=O) groups excluding carboxylic acids is 3. The number of alkyl halides is 3. The summed E-state index contributed by atoms with van der Waals surface area (Å²) in [6, 6.07) is 3.39. The predicted octanol–water partition coefficient (Wildman–Crippen LogP) is 2.68. The molecule has 3 aliphatic heterocycles. The van der Waals surface area contributed by atoms with Crippen molar-refractivity contribution in [3.05, 3.63) is 34.2 Å². The largest absolute Gasteiger partial charge is 0.416 e. The number of hydrogen-bond donors (Lipinski definition) is 2. The van der Waals surface area contributed by atoms with E-state index in [0.29, 0.717) is 50.2 Å². The fraction of sp³-hybridized carbons (Fsp3) is 0.476. The van der Waals surface area contributed by atoms with Gasteiger partial charge >= 0.3 is 6.18 Å². The van der Waals surface area contributed by atoms with E-state index in [2.05, 4.69) is 10.6 Å². The maximum Gasteiger partial charge on any atom is 0.416 e. The lowest BCUT2D eigenvalue weighted by molar-refractivity contribution is -0.138. The smallest absolute Gasteiger partial charge is 0.367 e. The maximum atomic E-state index is 13.3. The van der Waals surface area contributed by atoms with Crippen molar-refractivity contribution in [3.63, 3.8) is 0 Å². The van der Waals surface area contributed by atoms with Crippen LogP contribution in [-0.2, 0) is 15.8 Å². The Morgan fingerprint density at radius 2 is 1.91 bits per heavy atom. The highest BCUT2D eigenvalue weighted by molar-refractivity contribution is 8.18. The zero-order valence-electron chi connectivity index (χ0n) is 17.2. The van der Waals surface area contributed by atoms with Crippen molar-refractivity contribution in [1.82, 2.24) is 15.5 Å². The first-order chi connectivity index (χ1) is 15.2. The number of thioether (sulfide) groups is 1. The number of nitrogens with zero attached hydrogens (tertiary/aromatic N) is 2. The van der Waals surface area contributed by atoms with Crippen LogP contribution in [0.2, 0.25) is 0 Å². The number of benzene rings is 1. The minimum Gasteiger partial charge on any atom is -0.367 e. The number of imide groups is 1. The average Bonchev–Trinajstić information content (AvgIpc) is 3.10. The van der Waals surface area contributed by atoms with Gasteiger partial charge in [0.05, 0.1) is 16.4 Å². The number of amides is 3. The average molecular weight is 469 g/mol. The highest BCUT2D eigenvalue weighted by atomic mass is 32.2. The minimum absolute atomic E-state index is 0.0305. The summed E-state index contributed by atoms with van der Waals surface area (Å²) in [5, 5.41) is 4.80. The Morgan fingerprint density at radius 3 is 2.50 bits per heavy atom. The summed E-state index contributed by atoms with van der Waals surface area (Å²) in [4.78, 5) is 39.9. The van der Waals surface area contributed by atoms with Crippen molar-refractivity contribution in [2.75, 3.05) is 44.2 Å². The molecule has 11 heteroatoms. The number of piperazine rings is 1. The third kappa shape index (κ3) is 4.93. The molecule has 0 radical (unpaired) electrons. The lowest BCUT2D eigenvalue weighted by Gasteiger charge is -2.39. The van der Waals surface area contributed by atoms with Crippen molar-refractivity contribution in [3.8, 4) is 0 Å². The van der Waals surface area contributed by atoms with Gasteiger partial charge in [0.2, 0.25) is 5.91 Å². The first-order valence-corrected chi connectivity index (χ1v) is 11.2. The normalized spacial score (nSPS) is 23.6. The van der Waals surface area contributed by atoms with Crippen LogP contribution in [0.1, 0.15) is 24.0 Å². The maximum absolute atomic E-state index is 13.3. The number of nitrogens with one attached hydrogen (secondary N) is 2. The molecule has 32 heavy (non-hydrogen) atoms. The number of rotatable bonds is 3.